The maximum Gasteiger partial charge on any atom is 0.270 e. The molecule has 0 saturated heterocycles. The SMILES string of the molecule is C=C1C=C(c2cccc([N+](=O)[O-])c2)Oc2ccc(C)cc21. The second-order valence-electron chi connectivity index (χ2n) is 4.94. The molecule has 4 nitrogen and oxygen atoms in total. The quantitative estimate of drug-likeness (QED) is 0.606. The topological polar surface area (TPSA) is 52.4 Å². The molecule has 0 aliphatic carbocycles. The van der Waals surface area contributed by atoms with Gasteiger partial charge in [0.15, 0.2) is 0 Å². The van der Waals surface area contributed by atoms with E-state index in [4.69, 9.17) is 4.74 Å². The van der Waals surface area contributed by atoms with Gasteiger partial charge in [-0.15, -0.1) is 0 Å². The zero-order valence-electron chi connectivity index (χ0n) is 11.5. The standard InChI is InChI=1S/C17H13NO3/c1-11-6-7-16-15(8-11)12(2)9-17(21-16)13-4-3-5-14(10-13)18(19)20/h3-10H,2H2,1H3. The van der Waals surface area contributed by atoms with Crippen LogP contribution < -0.4 is 4.74 Å². The minimum atomic E-state index is -0.418. The number of hydrogen-bond acceptors (Lipinski definition) is 3. The van der Waals surface area contributed by atoms with Crippen molar-refractivity contribution in [1.82, 2.24) is 0 Å². The van der Waals surface area contributed by atoms with Crippen molar-refractivity contribution in [3.05, 3.63) is 81.9 Å². The van der Waals surface area contributed by atoms with Crippen LogP contribution in [0.2, 0.25) is 0 Å². The van der Waals surface area contributed by atoms with Crippen molar-refractivity contribution in [3.63, 3.8) is 0 Å². The van der Waals surface area contributed by atoms with Crippen LogP contribution in [-0.4, -0.2) is 4.92 Å². The van der Waals surface area contributed by atoms with Crippen molar-refractivity contribution < 1.29 is 9.66 Å². The number of nitro groups is 1. The van der Waals surface area contributed by atoms with Crippen molar-refractivity contribution >= 4 is 17.0 Å². The summed E-state index contributed by atoms with van der Waals surface area (Å²) in [5.74, 6) is 1.29. The molecule has 21 heavy (non-hydrogen) atoms. The molecule has 2 aromatic rings. The number of ether oxygens (including phenoxy) is 1. The highest BCUT2D eigenvalue weighted by molar-refractivity contribution is 5.87. The van der Waals surface area contributed by atoms with E-state index in [1.807, 2.05) is 25.1 Å². The van der Waals surface area contributed by atoms with Crippen LogP contribution >= 0.6 is 0 Å². The lowest BCUT2D eigenvalue weighted by Crippen LogP contribution is -2.03. The van der Waals surface area contributed by atoms with E-state index >= 15 is 0 Å². The molecule has 1 aliphatic heterocycles. The number of hydrogen-bond donors (Lipinski definition) is 0. The second kappa shape index (κ2) is 4.90. The van der Waals surface area contributed by atoms with Crippen LogP contribution in [0.25, 0.3) is 11.3 Å². The van der Waals surface area contributed by atoms with Crippen LogP contribution in [0.3, 0.4) is 0 Å². The number of allylic oxidation sites excluding steroid dienone is 2. The van der Waals surface area contributed by atoms with E-state index in [0.29, 0.717) is 11.3 Å². The second-order valence-corrected chi connectivity index (χ2v) is 4.94. The molecule has 2 aromatic carbocycles. The summed E-state index contributed by atoms with van der Waals surface area (Å²) >= 11 is 0. The molecule has 0 aromatic heterocycles. The van der Waals surface area contributed by atoms with Gasteiger partial charge in [-0.25, -0.2) is 0 Å². The van der Waals surface area contributed by atoms with Crippen LogP contribution in [0.15, 0.2) is 55.1 Å². The summed E-state index contributed by atoms with van der Waals surface area (Å²) in [6.07, 6.45) is 1.81. The Kier molecular flexibility index (Phi) is 3.06. The van der Waals surface area contributed by atoms with Crippen molar-refractivity contribution in [2.45, 2.75) is 6.92 Å². The van der Waals surface area contributed by atoms with Gasteiger partial charge in [-0.05, 0) is 30.7 Å². The van der Waals surface area contributed by atoms with Crippen LogP contribution in [0.4, 0.5) is 5.69 Å². The summed E-state index contributed by atoms with van der Waals surface area (Å²) in [5, 5.41) is 10.9. The molecule has 0 bridgehead atoms. The summed E-state index contributed by atoms with van der Waals surface area (Å²) in [6.45, 7) is 6.05. The van der Waals surface area contributed by atoms with Gasteiger partial charge in [0.1, 0.15) is 11.5 Å². The van der Waals surface area contributed by atoms with E-state index in [-0.39, 0.29) is 5.69 Å². The Bertz CT molecular complexity index is 790. The van der Waals surface area contributed by atoms with Crippen molar-refractivity contribution in [2.75, 3.05) is 0 Å². The summed E-state index contributed by atoms with van der Waals surface area (Å²) in [7, 11) is 0. The molecule has 0 amide bonds. The summed E-state index contributed by atoms with van der Waals surface area (Å²) in [4.78, 5) is 10.4. The number of nitro benzene ring substituents is 1. The summed E-state index contributed by atoms with van der Waals surface area (Å²) in [5.41, 5.74) is 3.62. The van der Waals surface area contributed by atoms with E-state index in [1.54, 1.807) is 18.2 Å². The van der Waals surface area contributed by atoms with Gasteiger partial charge in [0.25, 0.3) is 5.69 Å². The van der Waals surface area contributed by atoms with E-state index in [9.17, 15) is 10.1 Å². The predicted molar refractivity (Wildman–Crippen MR) is 81.9 cm³/mol. The average molecular weight is 279 g/mol. The van der Waals surface area contributed by atoms with Crippen molar-refractivity contribution in [3.8, 4) is 5.75 Å². The lowest BCUT2D eigenvalue weighted by atomic mass is 9.99. The van der Waals surface area contributed by atoms with Crippen LogP contribution in [0.5, 0.6) is 5.75 Å². The lowest BCUT2D eigenvalue weighted by molar-refractivity contribution is -0.384. The third-order valence-electron chi connectivity index (χ3n) is 3.35. The molecule has 0 spiro atoms. The van der Waals surface area contributed by atoms with Gasteiger partial charge >= 0.3 is 0 Å². The van der Waals surface area contributed by atoms with E-state index in [1.165, 1.54) is 12.1 Å². The first-order valence-corrected chi connectivity index (χ1v) is 6.49. The van der Waals surface area contributed by atoms with E-state index in [2.05, 4.69) is 6.58 Å². The molecular formula is C17H13NO3. The minimum Gasteiger partial charge on any atom is -0.456 e. The Morgan fingerprint density at radius 3 is 2.76 bits per heavy atom. The monoisotopic (exact) mass is 279 g/mol. The molecule has 104 valence electrons. The third kappa shape index (κ3) is 2.43. The number of nitrogens with zero attached hydrogens (tertiary/aromatic N) is 1. The zero-order valence-corrected chi connectivity index (χ0v) is 11.5. The zero-order chi connectivity index (χ0) is 15.0. The van der Waals surface area contributed by atoms with E-state index < -0.39 is 4.92 Å². The van der Waals surface area contributed by atoms with Gasteiger partial charge in [-0.1, -0.05) is 30.3 Å². The fraction of sp³-hybridized carbons (Fsp3) is 0.0588. The molecule has 3 rings (SSSR count). The first-order valence-electron chi connectivity index (χ1n) is 6.49. The highest BCUT2D eigenvalue weighted by Gasteiger charge is 2.18. The molecule has 0 N–H and O–H groups in total. The normalized spacial score (nSPS) is 13.2. The smallest absolute Gasteiger partial charge is 0.270 e. The first-order chi connectivity index (χ1) is 10.0. The Balaban J connectivity index is 2.02. The number of fused-ring (bicyclic) bond motifs is 1. The average Bonchev–Trinajstić information content (AvgIpc) is 2.48. The number of aryl methyl sites for hydroxylation is 1. The molecule has 0 unspecified atom stereocenters. The maximum absolute atomic E-state index is 10.9. The fourth-order valence-corrected chi connectivity index (χ4v) is 2.28. The molecule has 1 heterocycles. The number of rotatable bonds is 2. The Morgan fingerprint density at radius 2 is 2.00 bits per heavy atom. The molecule has 1 aliphatic rings. The van der Waals surface area contributed by atoms with Crippen LogP contribution in [0, 0.1) is 17.0 Å². The number of benzene rings is 2. The molecule has 4 heteroatoms. The minimum absolute atomic E-state index is 0.0392. The molecule has 0 saturated carbocycles. The Morgan fingerprint density at radius 1 is 1.19 bits per heavy atom. The molecule has 0 atom stereocenters. The van der Waals surface area contributed by atoms with Gasteiger partial charge < -0.3 is 4.74 Å². The number of non-ortho nitro benzene ring substituents is 1. The molecule has 0 fully saturated rings. The maximum atomic E-state index is 10.9. The van der Waals surface area contributed by atoms with Gasteiger partial charge in [0.05, 0.1) is 4.92 Å². The van der Waals surface area contributed by atoms with Gasteiger partial charge in [0.2, 0.25) is 0 Å². The highest BCUT2D eigenvalue weighted by Crippen LogP contribution is 2.37. The Hall–Kier alpha value is -2.88. The van der Waals surface area contributed by atoms with Gasteiger partial charge in [-0.2, -0.15) is 0 Å². The molecular weight excluding hydrogens is 266 g/mol. The molecule has 0 radical (unpaired) electrons. The predicted octanol–water partition coefficient (Wildman–Crippen LogP) is 4.35. The van der Waals surface area contributed by atoms with Crippen LogP contribution in [-0.2, 0) is 0 Å². The summed E-state index contributed by atoms with van der Waals surface area (Å²) in [6, 6.07) is 12.2. The largest absolute Gasteiger partial charge is 0.456 e. The first kappa shape index (κ1) is 13.1. The Labute approximate surface area is 122 Å². The lowest BCUT2D eigenvalue weighted by Gasteiger charge is -2.20. The van der Waals surface area contributed by atoms with Crippen molar-refractivity contribution in [1.29, 1.82) is 0 Å². The van der Waals surface area contributed by atoms with Crippen molar-refractivity contribution in [2.24, 2.45) is 0 Å². The highest BCUT2D eigenvalue weighted by atomic mass is 16.6. The van der Waals surface area contributed by atoms with Crippen LogP contribution in [0.1, 0.15) is 16.7 Å². The fourth-order valence-electron chi connectivity index (χ4n) is 2.28. The van der Waals surface area contributed by atoms with Gasteiger partial charge in [0, 0.05) is 23.3 Å². The van der Waals surface area contributed by atoms with Gasteiger partial charge in [-0.3, -0.25) is 10.1 Å². The van der Waals surface area contributed by atoms with E-state index in [0.717, 1.165) is 22.4 Å². The summed E-state index contributed by atoms with van der Waals surface area (Å²) < 4.78 is 5.86. The third-order valence-corrected chi connectivity index (χ3v) is 3.35.